The standard InChI is InChI=1S/C12H26N5O.ClH/c1-10-11(13)12(16(2)15-10)14-6-5-7-17(3,4)8-9-18;/h14,18H,5-9,13H2,1-4H3;1H/q+1;/p-1. The van der Waals surface area contributed by atoms with Crippen molar-refractivity contribution in [1.82, 2.24) is 9.78 Å². The molecule has 0 atom stereocenters. The number of likely N-dealkylation sites (N-methyl/N-ethyl adjacent to an activating group) is 1. The van der Waals surface area contributed by atoms with Crippen LogP contribution in [0.1, 0.15) is 12.1 Å². The lowest BCUT2D eigenvalue weighted by atomic mass is 10.3. The number of aliphatic hydroxyl groups is 1. The van der Waals surface area contributed by atoms with Crippen LogP contribution in [0.4, 0.5) is 11.5 Å². The first-order chi connectivity index (χ1) is 8.37. The van der Waals surface area contributed by atoms with Crippen LogP contribution < -0.4 is 23.5 Å². The first kappa shape index (κ1) is 18.0. The van der Waals surface area contributed by atoms with Gasteiger partial charge in [0.25, 0.3) is 0 Å². The maximum Gasteiger partial charge on any atom is 0.147 e. The minimum Gasteiger partial charge on any atom is -1.00 e. The van der Waals surface area contributed by atoms with E-state index in [1.807, 2.05) is 14.0 Å². The van der Waals surface area contributed by atoms with Crippen LogP contribution in [0.5, 0.6) is 0 Å². The summed E-state index contributed by atoms with van der Waals surface area (Å²) in [6.07, 6.45) is 1.02. The minimum absolute atomic E-state index is 0. The summed E-state index contributed by atoms with van der Waals surface area (Å²) >= 11 is 0. The fourth-order valence-corrected chi connectivity index (χ4v) is 1.98. The van der Waals surface area contributed by atoms with Crippen molar-refractivity contribution in [2.75, 3.05) is 51.4 Å². The van der Waals surface area contributed by atoms with Crippen LogP contribution in [-0.4, -0.2) is 59.7 Å². The molecule has 1 rings (SSSR count). The number of nitrogens with two attached hydrogens (primary N) is 1. The molecule has 112 valence electrons. The van der Waals surface area contributed by atoms with Gasteiger partial charge in [0.1, 0.15) is 12.4 Å². The van der Waals surface area contributed by atoms with Gasteiger partial charge in [0, 0.05) is 20.0 Å². The molecule has 0 aliphatic carbocycles. The van der Waals surface area contributed by atoms with Crippen LogP contribution >= 0.6 is 0 Å². The highest BCUT2D eigenvalue weighted by atomic mass is 35.5. The summed E-state index contributed by atoms with van der Waals surface area (Å²) in [5, 5.41) is 16.5. The van der Waals surface area contributed by atoms with Crippen molar-refractivity contribution in [3.05, 3.63) is 5.69 Å². The van der Waals surface area contributed by atoms with Crippen molar-refractivity contribution < 1.29 is 22.0 Å². The van der Waals surface area contributed by atoms with Crippen molar-refractivity contribution in [1.29, 1.82) is 0 Å². The fraction of sp³-hybridized carbons (Fsp3) is 0.750. The molecule has 0 saturated heterocycles. The topological polar surface area (TPSA) is 76.1 Å². The van der Waals surface area contributed by atoms with E-state index in [1.165, 1.54) is 0 Å². The Bertz CT molecular complexity index is 392. The van der Waals surface area contributed by atoms with E-state index in [4.69, 9.17) is 10.8 Å². The van der Waals surface area contributed by atoms with Gasteiger partial charge in [0.05, 0.1) is 38.6 Å². The molecule has 0 fully saturated rings. The van der Waals surface area contributed by atoms with E-state index in [-0.39, 0.29) is 19.0 Å². The Kier molecular flexibility index (Phi) is 7.18. The first-order valence-corrected chi connectivity index (χ1v) is 6.33. The van der Waals surface area contributed by atoms with E-state index < -0.39 is 0 Å². The number of rotatable bonds is 7. The number of aryl methyl sites for hydroxylation is 2. The fourth-order valence-electron chi connectivity index (χ4n) is 1.98. The Morgan fingerprint density at radius 1 is 1.37 bits per heavy atom. The predicted octanol–water partition coefficient (Wildman–Crippen LogP) is -2.81. The molecular formula is C12H26ClN5O. The number of nitrogen functional groups attached to an aromatic ring is 1. The monoisotopic (exact) mass is 291 g/mol. The van der Waals surface area contributed by atoms with Crippen LogP contribution in [0, 0.1) is 6.92 Å². The third kappa shape index (κ3) is 5.26. The third-order valence-corrected chi connectivity index (χ3v) is 3.21. The Morgan fingerprint density at radius 2 is 2.00 bits per heavy atom. The van der Waals surface area contributed by atoms with Gasteiger partial charge >= 0.3 is 0 Å². The largest absolute Gasteiger partial charge is 1.00 e. The van der Waals surface area contributed by atoms with Crippen molar-refractivity contribution in [2.45, 2.75) is 13.3 Å². The zero-order valence-electron chi connectivity index (χ0n) is 12.3. The quantitative estimate of drug-likeness (QED) is 0.374. The number of halogens is 1. The van der Waals surface area contributed by atoms with Crippen molar-refractivity contribution in [3.8, 4) is 0 Å². The van der Waals surface area contributed by atoms with Gasteiger partial charge in [-0.1, -0.05) is 0 Å². The molecule has 0 bridgehead atoms. The average Bonchev–Trinajstić information content (AvgIpc) is 2.50. The number of hydrogen-bond acceptors (Lipinski definition) is 4. The molecule has 0 unspecified atom stereocenters. The molecule has 0 aliphatic rings. The summed E-state index contributed by atoms with van der Waals surface area (Å²) in [6.45, 7) is 4.80. The Hall–Kier alpha value is -0.980. The highest BCUT2D eigenvalue weighted by Gasteiger charge is 2.14. The second-order valence-corrected chi connectivity index (χ2v) is 5.36. The number of aliphatic hydroxyl groups excluding tert-OH is 1. The number of hydrogen-bond donors (Lipinski definition) is 3. The van der Waals surface area contributed by atoms with Crippen LogP contribution in [-0.2, 0) is 7.05 Å². The lowest BCUT2D eigenvalue weighted by Crippen LogP contribution is -3.00. The highest BCUT2D eigenvalue weighted by molar-refractivity contribution is 5.64. The molecule has 19 heavy (non-hydrogen) atoms. The van der Waals surface area contributed by atoms with E-state index in [0.29, 0.717) is 0 Å². The van der Waals surface area contributed by atoms with Gasteiger partial charge in [-0.05, 0) is 6.92 Å². The molecule has 1 heterocycles. The van der Waals surface area contributed by atoms with Crippen LogP contribution in [0.2, 0.25) is 0 Å². The Labute approximate surface area is 121 Å². The summed E-state index contributed by atoms with van der Waals surface area (Å²) < 4.78 is 2.61. The SMILES string of the molecule is Cc1nn(C)c(NCCC[N+](C)(C)CCO)c1N.[Cl-]. The minimum atomic E-state index is 0. The second kappa shape index (κ2) is 7.57. The maximum atomic E-state index is 8.95. The molecule has 0 radical (unpaired) electrons. The molecule has 4 N–H and O–H groups in total. The lowest BCUT2D eigenvalue weighted by Gasteiger charge is -2.28. The summed E-state index contributed by atoms with van der Waals surface area (Å²) in [5.41, 5.74) is 7.52. The molecular weight excluding hydrogens is 266 g/mol. The van der Waals surface area contributed by atoms with Gasteiger partial charge < -0.3 is 33.0 Å². The van der Waals surface area contributed by atoms with Gasteiger partial charge in [-0.25, -0.2) is 0 Å². The Balaban J connectivity index is 0.00000324. The number of nitrogens with one attached hydrogen (secondary N) is 1. The van der Waals surface area contributed by atoms with E-state index in [0.717, 1.165) is 47.7 Å². The summed E-state index contributed by atoms with van der Waals surface area (Å²) in [4.78, 5) is 0. The molecule has 0 aromatic carbocycles. The summed E-state index contributed by atoms with van der Waals surface area (Å²) in [7, 11) is 6.13. The number of anilines is 2. The van der Waals surface area contributed by atoms with Gasteiger partial charge in [-0.3, -0.25) is 4.68 Å². The smallest absolute Gasteiger partial charge is 0.147 e. The molecule has 7 heteroatoms. The number of quaternary nitrogens is 1. The second-order valence-electron chi connectivity index (χ2n) is 5.36. The molecule has 0 spiro atoms. The highest BCUT2D eigenvalue weighted by Crippen LogP contribution is 2.20. The zero-order chi connectivity index (χ0) is 13.8. The number of aromatic nitrogens is 2. The molecule has 0 saturated carbocycles. The molecule has 1 aromatic heterocycles. The van der Waals surface area contributed by atoms with Crippen molar-refractivity contribution in [2.24, 2.45) is 7.05 Å². The third-order valence-electron chi connectivity index (χ3n) is 3.21. The van der Waals surface area contributed by atoms with Gasteiger partial charge in [-0.15, -0.1) is 0 Å². The van der Waals surface area contributed by atoms with Crippen molar-refractivity contribution in [3.63, 3.8) is 0 Å². The molecule has 0 amide bonds. The van der Waals surface area contributed by atoms with E-state index in [1.54, 1.807) is 4.68 Å². The maximum absolute atomic E-state index is 8.95. The van der Waals surface area contributed by atoms with E-state index >= 15 is 0 Å². The first-order valence-electron chi connectivity index (χ1n) is 6.33. The van der Waals surface area contributed by atoms with E-state index in [9.17, 15) is 0 Å². The normalized spacial score (nSPS) is 11.2. The average molecular weight is 292 g/mol. The Morgan fingerprint density at radius 3 is 2.47 bits per heavy atom. The molecule has 1 aromatic rings. The summed E-state index contributed by atoms with van der Waals surface area (Å²) in [6, 6.07) is 0. The van der Waals surface area contributed by atoms with E-state index in [2.05, 4.69) is 24.5 Å². The molecule has 0 aliphatic heterocycles. The summed E-state index contributed by atoms with van der Waals surface area (Å²) in [5.74, 6) is 0.889. The van der Waals surface area contributed by atoms with Gasteiger partial charge in [0.15, 0.2) is 0 Å². The van der Waals surface area contributed by atoms with Gasteiger partial charge in [-0.2, -0.15) is 5.10 Å². The van der Waals surface area contributed by atoms with Crippen LogP contribution in [0.3, 0.4) is 0 Å². The zero-order valence-corrected chi connectivity index (χ0v) is 13.0. The van der Waals surface area contributed by atoms with Crippen LogP contribution in [0.15, 0.2) is 0 Å². The lowest BCUT2D eigenvalue weighted by molar-refractivity contribution is -0.890. The van der Waals surface area contributed by atoms with Crippen LogP contribution in [0.25, 0.3) is 0 Å². The number of nitrogens with zero attached hydrogens (tertiary/aromatic N) is 3. The predicted molar refractivity (Wildman–Crippen MR) is 74.4 cm³/mol. The molecule has 6 nitrogen and oxygen atoms in total. The van der Waals surface area contributed by atoms with Gasteiger partial charge in [0.2, 0.25) is 0 Å². The van der Waals surface area contributed by atoms with Crippen molar-refractivity contribution >= 4 is 11.5 Å².